The van der Waals surface area contributed by atoms with Gasteiger partial charge in [0.2, 0.25) is 5.91 Å². The van der Waals surface area contributed by atoms with Gasteiger partial charge in [-0.2, -0.15) is 11.3 Å². The van der Waals surface area contributed by atoms with Crippen LogP contribution < -0.4 is 0 Å². The largest absolute Gasteiger partial charge is 0.342 e. The van der Waals surface area contributed by atoms with Gasteiger partial charge in [-0.05, 0) is 33.3 Å². The van der Waals surface area contributed by atoms with E-state index in [4.69, 9.17) is 0 Å². The molecule has 0 radical (unpaired) electrons. The Hall–Kier alpha value is -0.390. The molecule has 17 heavy (non-hydrogen) atoms. The van der Waals surface area contributed by atoms with Crippen molar-refractivity contribution in [2.75, 3.05) is 26.2 Å². The van der Waals surface area contributed by atoms with Crippen molar-refractivity contribution in [1.82, 2.24) is 9.80 Å². The van der Waals surface area contributed by atoms with E-state index in [1.54, 1.807) is 18.3 Å². The summed E-state index contributed by atoms with van der Waals surface area (Å²) in [6.45, 7) is 6.45. The molecule has 1 amide bonds. The standard InChI is InChI=1S/C12H17BrN2OS/c1-10(16)15-4-2-3-14(5-6-15)7-11-8-17-9-12(11)13/h8-9H,2-7H2,1H3. The Morgan fingerprint density at radius 1 is 1.35 bits per heavy atom. The lowest BCUT2D eigenvalue weighted by atomic mass is 10.3. The third-order valence-corrected chi connectivity index (χ3v) is 4.95. The lowest BCUT2D eigenvalue weighted by molar-refractivity contribution is -0.128. The van der Waals surface area contributed by atoms with E-state index in [-0.39, 0.29) is 5.91 Å². The number of amides is 1. The molecule has 1 saturated heterocycles. The number of hydrogen-bond donors (Lipinski definition) is 0. The first-order valence-electron chi connectivity index (χ1n) is 5.85. The third kappa shape index (κ3) is 3.53. The van der Waals surface area contributed by atoms with Gasteiger partial charge in [0.05, 0.1) is 0 Å². The molecule has 1 aromatic heterocycles. The molecule has 3 nitrogen and oxygen atoms in total. The molecule has 0 N–H and O–H groups in total. The van der Waals surface area contributed by atoms with Gasteiger partial charge in [-0.3, -0.25) is 9.69 Å². The predicted octanol–water partition coefficient (Wildman–Crippen LogP) is 2.56. The molecule has 1 aliphatic rings. The fraction of sp³-hybridized carbons (Fsp3) is 0.583. The van der Waals surface area contributed by atoms with Crippen LogP contribution in [0.25, 0.3) is 0 Å². The number of thiophene rings is 1. The van der Waals surface area contributed by atoms with Crippen LogP contribution in [0.3, 0.4) is 0 Å². The maximum atomic E-state index is 11.3. The van der Waals surface area contributed by atoms with Gasteiger partial charge in [0, 0.05) is 49.5 Å². The molecule has 5 heteroatoms. The van der Waals surface area contributed by atoms with Crippen molar-refractivity contribution in [2.24, 2.45) is 0 Å². The number of rotatable bonds is 2. The molecule has 1 fully saturated rings. The molecule has 94 valence electrons. The van der Waals surface area contributed by atoms with E-state index in [9.17, 15) is 4.79 Å². The van der Waals surface area contributed by atoms with E-state index in [0.29, 0.717) is 0 Å². The summed E-state index contributed by atoms with van der Waals surface area (Å²) in [6, 6.07) is 0. The van der Waals surface area contributed by atoms with Crippen molar-refractivity contribution in [1.29, 1.82) is 0 Å². The van der Waals surface area contributed by atoms with Crippen LogP contribution in [0.1, 0.15) is 18.9 Å². The Labute approximate surface area is 115 Å². The minimum Gasteiger partial charge on any atom is -0.342 e. The fourth-order valence-electron chi connectivity index (χ4n) is 2.11. The molecule has 0 aliphatic carbocycles. The van der Waals surface area contributed by atoms with Crippen LogP contribution in [0, 0.1) is 0 Å². The monoisotopic (exact) mass is 316 g/mol. The van der Waals surface area contributed by atoms with Gasteiger partial charge in [-0.1, -0.05) is 0 Å². The second-order valence-corrected chi connectivity index (χ2v) is 5.98. The first kappa shape index (κ1) is 13.1. The van der Waals surface area contributed by atoms with E-state index in [1.807, 2.05) is 4.90 Å². The van der Waals surface area contributed by atoms with Crippen molar-refractivity contribution in [2.45, 2.75) is 19.9 Å². The van der Waals surface area contributed by atoms with Crippen LogP contribution in [-0.2, 0) is 11.3 Å². The fourth-order valence-corrected chi connectivity index (χ4v) is 3.53. The molecule has 1 aliphatic heterocycles. The minimum absolute atomic E-state index is 0.198. The van der Waals surface area contributed by atoms with Gasteiger partial charge >= 0.3 is 0 Å². The molecule has 0 spiro atoms. The van der Waals surface area contributed by atoms with Gasteiger partial charge < -0.3 is 4.90 Å². The van der Waals surface area contributed by atoms with Crippen LogP contribution in [0.4, 0.5) is 0 Å². The Kier molecular flexibility index (Phi) is 4.59. The molecular weight excluding hydrogens is 300 g/mol. The highest BCUT2D eigenvalue weighted by atomic mass is 79.9. The van der Waals surface area contributed by atoms with E-state index < -0.39 is 0 Å². The Morgan fingerprint density at radius 2 is 2.18 bits per heavy atom. The summed E-state index contributed by atoms with van der Waals surface area (Å²) in [5.41, 5.74) is 1.35. The van der Waals surface area contributed by atoms with E-state index >= 15 is 0 Å². The molecule has 2 heterocycles. The smallest absolute Gasteiger partial charge is 0.219 e. The summed E-state index contributed by atoms with van der Waals surface area (Å²) in [5, 5.41) is 4.31. The zero-order valence-corrected chi connectivity index (χ0v) is 12.4. The highest BCUT2D eigenvalue weighted by Gasteiger charge is 2.17. The Bertz CT molecular complexity index is 394. The highest BCUT2D eigenvalue weighted by Crippen LogP contribution is 2.23. The van der Waals surface area contributed by atoms with E-state index in [1.165, 1.54) is 10.0 Å². The van der Waals surface area contributed by atoms with Crippen LogP contribution in [0.2, 0.25) is 0 Å². The van der Waals surface area contributed by atoms with Gasteiger partial charge in [0.25, 0.3) is 0 Å². The van der Waals surface area contributed by atoms with Crippen LogP contribution in [0.15, 0.2) is 15.2 Å². The van der Waals surface area contributed by atoms with Crippen molar-refractivity contribution in [3.05, 3.63) is 20.8 Å². The summed E-state index contributed by atoms with van der Waals surface area (Å²) in [4.78, 5) is 15.7. The van der Waals surface area contributed by atoms with E-state index in [2.05, 4.69) is 31.6 Å². The SMILES string of the molecule is CC(=O)N1CCCN(Cc2cscc2Br)CC1. The topological polar surface area (TPSA) is 23.6 Å². The molecular formula is C12H17BrN2OS. The molecule has 0 aromatic carbocycles. The highest BCUT2D eigenvalue weighted by molar-refractivity contribution is 9.10. The van der Waals surface area contributed by atoms with Gasteiger partial charge in [0.1, 0.15) is 0 Å². The quantitative estimate of drug-likeness (QED) is 0.837. The van der Waals surface area contributed by atoms with Crippen molar-refractivity contribution >= 4 is 33.2 Å². The van der Waals surface area contributed by atoms with Gasteiger partial charge in [0.15, 0.2) is 0 Å². The van der Waals surface area contributed by atoms with Crippen molar-refractivity contribution in [3.8, 4) is 0 Å². The first-order valence-corrected chi connectivity index (χ1v) is 7.59. The summed E-state index contributed by atoms with van der Waals surface area (Å²) < 4.78 is 1.20. The lowest BCUT2D eigenvalue weighted by Crippen LogP contribution is -2.33. The number of carbonyl (C=O) groups excluding carboxylic acids is 1. The average Bonchev–Trinajstić information content (AvgIpc) is 2.55. The Morgan fingerprint density at radius 3 is 2.82 bits per heavy atom. The first-order chi connectivity index (χ1) is 8.16. The van der Waals surface area contributed by atoms with Crippen LogP contribution in [-0.4, -0.2) is 41.9 Å². The predicted molar refractivity (Wildman–Crippen MR) is 74.2 cm³/mol. The Balaban J connectivity index is 1.91. The second kappa shape index (κ2) is 5.98. The number of halogens is 1. The van der Waals surface area contributed by atoms with Crippen molar-refractivity contribution < 1.29 is 4.79 Å². The summed E-state index contributed by atoms with van der Waals surface area (Å²) in [7, 11) is 0. The average molecular weight is 317 g/mol. The zero-order valence-electron chi connectivity index (χ0n) is 9.99. The summed E-state index contributed by atoms with van der Waals surface area (Å²) >= 11 is 5.29. The van der Waals surface area contributed by atoms with Gasteiger partial charge in [-0.15, -0.1) is 0 Å². The van der Waals surface area contributed by atoms with Gasteiger partial charge in [-0.25, -0.2) is 0 Å². The maximum absolute atomic E-state index is 11.3. The third-order valence-electron chi connectivity index (χ3n) is 3.12. The van der Waals surface area contributed by atoms with Crippen LogP contribution >= 0.6 is 27.3 Å². The molecule has 0 bridgehead atoms. The number of carbonyl (C=O) groups is 1. The summed E-state index contributed by atoms with van der Waals surface area (Å²) in [5.74, 6) is 0.198. The molecule has 1 aromatic rings. The van der Waals surface area contributed by atoms with Crippen LogP contribution in [0.5, 0.6) is 0 Å². The molecule has 0 atom stereocenters. The normalized spacial score (nSPS) is 18.1. The zero-order chi connectivity index (χ0) is 12.3. The molecule has 0 saturated carbocycles. The molecule has 0 unspecified atom stereocenters. The second-order valence-electron chi connectivity index (χ2n) is 4.38. The maximum Gasteiger partial charge on any atom is 0.219 e. The lowest BCUT2D eigenvalue weighted by Gasteiger charge is -2.20. The van der Waals surface area contributed by atoms with E-state index in [0.717, 1.165) is 39.1 Å². The molecule has 2 rings (SSSR count). The van der Waals surface area contributed by atoms with Crippen molar-refractivity contribution in [3.63, 3.8) is 0 Å². The summed E-state index contributed by atoms with van der Waals surface area (Å²) in [6.07, 6.45) is 1.07. The minimum atomic E-state index is 0.198. The number of hydrogen-bond acceptors (Lipinski definition) is 3. The number of nitrogens with zero attached hydrogens (tertiary/aromatic N) is 2.